The lowest BCUT2D eigenvalue weighted by Gasteiger charge is -2.19. The van der Waals surface area contributed by atoms with Gasteiger partial charge in [-0.15, -0.1) is 0 Å². The number of hydrogen-bond donors (Lipinski definition) is 1. The Morgan fingerprint density at radius 3 is 2.76 bits per heavy atom. The average Bonchev–Trinajstić information content (AvgIpc) is 2.87. The van der Waals surface area contributed by atoms with Gasteiger partial charge in [0, 0.05) is 25.1 Å². The van der Waals surface area contributed by atoms with E-state index in [9.17, 15) is 23.1 Å². The van der Waals surface area contributed by atoms with E-state index in [0.29, 0.717) is 19.5 Å². The summed E-state index contributed by atoms with van der Waals surface area (Å²) >= 11 is 0. The maximum absolute atomic E-state index is 13.1. The van der Waals surface area contributed by atoms with Crippen LogP contribution in [-0.4, -0.2) is 41.7 Å². The third-order valence-corrected chi connectivity index (χ3v) is 3.58. The summed E-state index contributed by atoms with van der Waals surface area (Å²) in [6.07, 6.45) is 0.0862. The van der Waals surface area contributed by atoms with Gasteiger partial charge in [0.1, 0.15) is 11.6 Å². The van der Waals surface area contributed by atoms with Crippen molar-refractivity contribution < 1.29 is 27.8 Å². The Bertz CT molecular complexity index is 522. The van der Waals surface area contributed by atoms with Crippen molar-refractivity contribution in [2.24, 2.45) is 5.92 Å². The van der Waals surface area contributed by atoms with Crippen LogP contribution >= 0.6 is 0 Å². The van der Waals surface area contributed by atoms with Gasteiger partial charge in [0.15, 0.2) is 0 Å². The molecule has 2 unspecified atom stereocenters. The number of benzene rings is 1. The number of nitrogens with zero attached hydrogens (tertiary/aromatic N) is 1. The molecule has 2 rings (SSSR count). The van der Waals surface area contributed by atoms with Gasteiger partial charge in [-0.05, 0) is 25.5 Å². The molecule has 1 fully saturated rings. The normalized spacial score (nSPS) is 19.9. The van der Waals surface area contributed by atoms with Gasteiger partial charge in [0.05, 0.1) is 11.7 Å². The van der Waals surface area contributed by atoms with Gasteiger partial charge in [0.25, 0.3) is 5.91 Å². The van der Waals surface area contributed by atoms with E-state index in [4.69, 9.17) is 0 Å². The molecule has 21 heavy (non-hydrogen) atoms. The number of carbonyl (C=O) groups excluding carboxylic acids is 1. The number of likely N-dealkylation sites (tertiary alicyclic amines) is 1. The number of amides is 1. The van der Waals surface area contributed by atoms with Gasteiger partial charge in [-0.2, -0.15) is 8.78 Å². The Labute approximate surface area is 120 Å². The van der Waals surface area contributed by atoms with E-state index in [0.717, 1.165) is 18.2 Å². The molecular formula is C14H16F3NO3. The number of rotatable bonds is 4. The van der Waals surface area contributed by atoms with Crippen molar-refractivity contribution in [2.45, 2.75) is 26.1 Å². The summed E-state index contributed by atoms with van der Waals surface area (Å²) in [5.41, 5.74) is -0.108. The monoisotopic (exact) mass is 303 g/mol. The van der Waals surface area contributed by atoms with Crippen LogP contribution in [0.5, 0.6) is 5.75 Å². The van der Waals surface area contributed by atoms with Gasteiger partial charge >= 0.3 is 6.61 Å². The highest BCUT2D eigenvalue weighted by molar-refractivity contribution is 5.97. The van der Waals surface area contributed by atoms with Crippen LogP contribution in [-0.2, 0) is 0 Å². The molecule has 0 radical (unpaired) electrons. The first-order valence-corrected chi connectivity index (χ1v) is 6.60. The van der Waals surface area contributed by atoms with Crippen LogP contribution in [0.2, 0.25) is 0 Å². The fourth-order valence-electron chi connectivity index (χ4n) is 2.40. The summed E-state index contributed by atoms with van der Waals surface area (Å²) in [6, 6.07) is 2.92. The van der Waals surface area contributed by atoms with Crippen molar-refractivity contribution in [3.8, 4) is 5.75 Å². The zero-order chi connectivity index (χ0) is 15.6. The summed E-state index contributed by atoms with van der Waals surface area (Å²) < 4.78 is 42.0. The molecule has 7 heteroatoms. The van der Waals surface area contributed by atoms with E-state index in [1.165, 1.54) is 4.90 Å². The Kier molecular flexibility index (Phi) is 4.72. The van der Waals surface area contributed by atoms with Crippen LogP contribution in [0.25, 0.3) is 0 Å². The molecule has 1 aromatic carbocycles. The summed E-state index contributed by atoms with van der Waals surface area (Å²) in [4.78, 5) is 13.8. The smallest absolute Gasteiger partial charge is 0.387 e. The number of alkyl halides is 2. The molecule has 0 spiro atoms. The first-order chi connectivity index (χ1) is 9.88. The predicted octanol–water partition coefficient (Wildman–Crippen LogP) is 2.27. The molecule has 116 valence electrons. The van der Waals surface area contributed by atoms with E-state index in [1.54, 1.807) is 6.92 Å². The molecule has 1 aliphatic heterocycles. The molecule has 1 saturated heterocycles. The lowest BCUT2D eigenvalue weighted by molar-refractivity contribution is -0.0504. The van der Waals surface area contributed by atoms with Gasteiger partial charge in [-0.1, -0.05) is 0 Å². The molecule has 0 aromatic heterocycles. The first kappa shape index (κ1) is 15.6. The van der Waals surface area contributed by atoms with E-state index >= 15 is 0 Å². The third kappa shape index (κ3) is 3.66. The Morgan fingerprint density at radius 1 is 1.48 bits per heavy atom. The predicted molar refractivity (Wildman–Crippen MR) is 68.7 cm³/mol. The Morgan fingerprint density at radius 2 is 2.19 bits per heavy atom. The molecule has 1 aromatic rings. The van der Waals surface area contributed by atoms with Crippen LogP contribution in [0.1, 0.15) is 23.7 Å². The van der Waals surface area contributed by atoms with Crippen LogP contribution in [0.4, 0.5) is 13.2 Å². The van der Waals surface area contributed by atoms with Crippen LogP contribution in [0.3, 0.4) is 0 Å². The van der Waals surface area contributed by atoms with Crippen LogP contribution in [0, 0.1) is 11.7 Å². The van der Waals surface area contributed by atoms with Crippen molar-refractivity contribution >= 4 is 5.91 Å². The highest BCUT2D eigenvalue weighted by Gasteiger charge is 2.31. The minimum atomic E-state index is -3.14. The average molecular weight is 303 g/mol. The van der Waals surface area contributed by atoms with Gasteiger partial charge < -0.3 is 14.7 Å². The number of hydrogen-bond acceptors (Lipinski definition) is 3. The quantitative estimate of drug-likeness (QED) is 0.928. The lowest BCUT2D eigenvalue weighted by atomic mass is 10.0. The van der Waals surface area contributed by atoms with Crippen LogP contribution < -0.4 is 4.74 Å². The van der Waals surface area contributed by atoms with Crippen molar-refractivity contribution in [3.63, 3.8) is 0 Å². The number of aliphatic hydroxyl groups is 1. The van der Waals surface area contributed by atoms with Gasteiger partial charge in [-0.3, -0.25) is 4.79 Å². The molecule has 4 nitrogen and oxygen atoms in total. The molecule has 1 amide bonds. The molecule has 0 aliphatic carbocycles. The second-order valence-corrected chi connectivity index (χ2v) is 5.06. The molecule has 2 atom stereocenters. The molecule has 1 aliphatic rings. The fraction of sp³-hybridized carbons (Fsp3) is 0.500. The highest BCUT2D eigenvalue weighted by Crippen LogP contribution is 2.27. The van der Waals surface area contributed by atoms with E-state index < -0.39 is 30.2 Å². The number of aliphatic hydroxyl groups excluding tert-OH is 1. The van der Waals surface area contributed by atoms with Crippen molar-refractivity contribution in [2.75, 3.05) is 13.1 Å². The number of carbonyl (C=O) groups is 1. The fourth-order valence-corrected chi connectivity index (χ4v) is 2.40. The largest absolute Gasteiger partial charge is 0.434 e. The second-order valence-electron chi connectivity index (χ2n) is 5.06. The topological polar surface area (TPSA) is 49.8 Å². The van der Waals surface area contributed by atoms with Gasteiger partial charge in [0.2, 0.25) is 0 Å². The zero-order valence-corrected chi connectivity index (χ0v) is 11.4. The maximum Gasteiger partial charge on any atom is 0.387 e. The zero-order valence-electron chi connectivity index (χ0n) is 11.4. The third-order valence-electron chi connectivity index (χ3n) is 3.58. The molecule has 1 heterocycles. The SMILES string of the molecule is CC(O)C1CCN(C(=O)c2ccc(F)cc2OC(F)F)C1. The standard InChI is InChI=1S/C14H16F3NO3/c1-8(19)9-4-5-18(7-9)13(20)11-3-2-10(15)6-12(11)21-14(16)17/h2-3,6,8-9,14,19H,4-5,7H2,1H3. The maximum atomic E-state index is 13.1. The van der Waals surface area contributed by atoms with E-state index in [2.05, 4.69) is 4.74 Å². The molecule has 1 N–H and O–H groups in total. The minimum Gasteiger partial charge on any atom is -0.434 e. The van der Waals surface area contributed by atoms with Gasteiger partial charge in [-0.25, -0.2) is 4.39 Å². The summed E-state index contributed by atoms with van der Waals surface area (Å²) in [5, 5.41) is 9.52. The second kappa shape index (κ2) is 6.34. The summed E-state index contributed by atoms with van der Waals surface area (Å²) in [7, 11) is 0. The van der Waals surface area contributed by atoms with Crippen molar-refractivity contribution in [3.05, 3.63) is 29.6 Å². The molecular weight excluding hydrogens is 287 g/mol. The van der Waals surface area contributed by atoms with Crippen molar-refractivity contribution in [1.29, 1.82) is 0 Å². The first-order valence-electron chi connectivity index (χ1n) is 6.60. The minimum absolute atomic E-state index is 0.0473. The van der Waals surface area contributed by atoms with E-state index in [-0.39, 0.29) is 11.5 Å². The number of halogens is 3. The lowest BCUT2D eigenvalue weighted by Crippen LogP contribution is -2.30. The van der Waals surface area contributed by atoms with Crippen molar-refractivity contribution in [1.82, 2.24) is 4.90 Å². The number of ether oxygens (including phenoxy) is 1. The Hall–Kier alpha value is -1.76. The summed E-state index contributed by atoms with van der Waals surface area (Å²) in [6.45, 7) is -0.744. The van der Waals surface area contributed by atoms with E-state index in [1.807, 2.05) is 0 Å². The Balaban J connectivity index is 2.19. The van der Waals surface area contributed by atoms with Crippen LogP contribution in [0.15, 0.2) is 18.2 Å². The summed E-state index contributed by atoms with van der Waals surface area (Å²) in [5.74, 6) is -1.79. The molecule has 0 bridgehead atoms. The molecule has 0 saturated carbocycles. The highest BCUT2D eigenvalue weighted by atomic mass is 19.3.